The highest BCUT2D eigenvalue weighted by atomic mass is 14.9. The van der Waals surface area contributed by atoms with E-state index >= 15 is 0 Å². The summed E-state index contributed by atoms with van der Waals surface area (Å²) in [4.78, 5) is 11.0. The molecule has 1 spiro atoms. The van der Waals surface area contributed by atoms with Crippen molar-refractivity contribution in [3.8, 4) is 56.2 Å². The van der Waals surface area contributed by atoms with Gasteiger partial charge in [0.2, 0.25) is 0 Å². The number of hydrogen-bond acceptors (Lipinski definition) is 2. The first-order valence-corrected chi connectivity index (χ1v) is 19.0. The molecule has 0 bridgehead atoms. The molecule has 0 radical (unpaired) electrons. The van der Waals surface area contributed by atoms with E-state index in [2.05, 4.69) is 194 Å². The van der Waals surface area contributed by atoms with Crippen molar-refractivity contribution >= 4 is 32.3 Å². The Balaban J connectivity index is 1.23. The summed E-state index contributed by atoms with van der Waals surface area (Å²) in [5, 5.41) is 7.20. The first-order valence-electron chi connectivity index (χ1n) is 19.0. The molecule has 2 nitrogen and oxygen atoms in total. The normalized spacial score (nSPS) is 13.2. The highest BCUT2D eigenvalue weighted by Gasteiger charge is 2.52. The van der Waals surface area contributed by atoms with Gasteiger partial charge in [-0.2, -0.15) is 0 Å². The highest BCUT2D eigenvalue weighted by Crippen LogP contribution is 2.64. The number of hydrogen-bond donors (Lipinski definition) is 0. The maximum absolute atomic E-state index is 5.52. The van der Waals surface area contributed by atoms with Crippen LogP contribution in [0.15, 0.2) is 194 Å². The van der Waals surface area contributed by atoms with Gasteiger partial charge in [0.05, 0.1) is 16.8 Å². The molecule has 0 fully saturated rings. The van der Waals surface area contributed by atoms with E-state index in [0.717, 1.165) is 28.1 Å². The first kappa shape index (κ1) is 30.3. The average Bonchev–Trinajstić information content (AvgIpc) is 3.73. The summed E-state index contributed by atoms with van der Waals surface area (Å²) in [6.45, 7) is 0. The molecule has 0 saturated heterocycles. The molecule has 0 amide bonds. The molecule has 1 aromatic heterocycles. The highest BCUT2D eigenvalue weighted by molar-refractivity contribution is 6.21. The van der Waals surface area contributed by atoms with Crippen LogP contribution in [-0.2, 0) is 5.41 Å². The summed E-state index contributed by atoms with van der Waals surface area (Å²) in [6.07, 6.45) is 0. The molecule has 1 heterocycles. The predicted molar refractivity (Wildman–Crippen MR) is 227 cm³/mol. The van der Waals surface area contributed by atoms with E-state index in [0.29, 0.717) is 5.82 Å². The Morgan fingerprint density at radius 3 is 1.60 bits per heavy atom. The van der Waals surface area contributed by atoms with Crippen LogP contribution in [0.1, 0.15) is 22.3 Å². The third kappa shape index (κ3) is 4.14. The van der Waals surface area contributed by atoms with Crippen molar-refractivity contribution in [3.63, 3.8) is 0 Å². The third-order valence-corrected chi connectivity index (χ3v) is 12.1. The lowest BCUT2D eigenvalue weighted by Gasteiger charge is -2.32. The second kappa shape index (κ2) is 11.4. The van der Waals surface area contributed by atoms with Crippen LogP contribution < -0.4 is 0 Å². The summed E-state index contributed by atoms with van der Waals surface area (Å²) in [5.41, 5.74) is 14.9. The molecular formula is C53H32N2. The van der Waals surface area contributed by atoms with Crippen molar-refractivity contribution in [2.75, 3.05) is 0 Å². The molecule has 0 saturated carbocycles. The van der Waals surface area contributed by atoms with E-state index in [1.807, 2.05) is 0 Å². The molecule has 2 heteroatoms. The largest absolute Gasteiger partial charge is 0.228 e. The lowest BCUT2D eigenvalue weighted by Crippen LogP contribution is -2.26. The first-order chi connectivity index (χ1) is 27.3. The van der Waals surface area contributed by atoms with Gasteiger partial charge in [-0.15, -0.1) is 0 Å². The molecule has 2 aliphatic rings. The van der Waals surface area contributed by atoms with E-state index < -0.39 is 5.41 Å². The van der Waals surface area contributed by atoms with E-state index in [1.165, 1.54) is 76.8 Å². The van der Waals surface area contributed by atoms with Crippen molar-refractivity contribution in [1.82, 2.24) is 9.97 Å². The van der Waals surface area contributed by atoms with Gasteiger partial charge in [-0.1, -0.05) is 182 Å². The van der Waals surface area contributed by atoms with Gasteiger partial charge < -0.3 is 0 Å². The quantitative estimate of drug-likeness (QED) is 0.136. The van der Waals surface area contributed by atoms with Crippen LogP contribution in [0.25, 0.3) is 88.5 Å². The summed E-state index contributed by atoms with van der Waals surface area (Å²) in [7, 11) is 0. The summed E-state index contributed by atoms with van der Waals surface area (Å²) in [5.74, 6) is 0.712. The fourth-order valence-corrected chi connectivity index (χ4v) is 9.90. The van der Waals surface area contributed by atoms with Crippen LogP contribution in [-0.4, -0.2) is 9.97 Å². The van der Waals surface area contributed by atoms with Crippen LogP contribution in [0.2, 0.25) is 0 Å². The molecule has 0 aliphatic heterocycles. The molecular weight excluding hydrogens is 665 g/mol. The lowest BCUT2D eigenvalue weighted by atomic mass is 9.69. The minimum Gasteiger partial charge on any atom is -0.228 e. The molecule has 2 aliphatic carbocycles. The zero-order chi connectivity index (χ0) is 36.1. The standard InChI is InChI=1S/C53H32N2/c1-2-16-34(17-3-1)52-54-47(32-48(55-52)50-38-20-7-5-18-35(38)31-36-30-29-33-15-4-6-19-37(33)49(36)50)43-25-14-24-42-41-23-10-13-28-46(41)53(51(42)43)44-26-11-8-21-39(44)40-22-9-12-27-45(40)53/h1-32H. The molecule has 254 valence electrons. The van der Waals surface area contributed by atoms with Crippen molar-refractivity contribution < 1.29 is 0 Å². The number of aromatic nitrogens is 2. The lowest BCUT2D eigenvalue weighted by molar-refractivity contribution is 0.795. The molecule has 12 rings (SSSR count). The van der Waals surface area contributed by atoms with Gasteiger partial charge >= 0.3 is 0 Å². The van der Waals surface area contributed by atoms with Crippen LogP contribution >= 0.6 is 0 Å². The smallest absolute Gasteiger partial charge is 0.160 e. The maximum Gasteiger partial charge on any atom is 0.160 e. The van der Waals surface area contributed by atoms with E-state index in [9.17, 15) is 0 Å². The topological polar surface area (TPSA) is 25.8 Å². The fraction of sp³-hybridized carbons (Fsp3) is 0.0189. The van der Waals surface area contributed by atoms with Gasteiger partial charge in [0.1, 0.15) is 0 Å². The zero-order valence-electron chi connectivity index (χ0n) is 29.9. The fourth-order valence-electron chi connectivity index (χ4n) is 9.90. The molecule has 9 aromatic carbocycles. The van der Waals surface area contributed by atoms with Gasteiger partial charge in [0, 0.05) is 16.7 Å². The molecule has 0 atom stereocenters. The second-order valence-electron chi connectivity index (χ2n) is 14.8. The van der Waals surface area contributed by atoms with Crippen molar-refractivity contribution in [3.05, 3.63) is 216 Å². The number of benzene rings is 9. The third-order valence-electron chi connectivity index (χ3n) is 12.1. The summed E-state index contributed by atoms with van der Waals surface area (Å²) >= 11 is 0. The zero-order valence-corrected chi connectivity index (χ0v) is 29.9. The number of fused-ring (bicyclic) bond motifs is 14. The van der Waals surface area contributed by atoms with Crippen LogP contribution in [0, 0.1) is 0 Å². The number of rotatable bonds is 3. The minimum absolute atomic E-state index is 0.504. The van der Waals surface area contributed by atoms with Gasteiger partial charge in [0.25, 0.3) is 0 Å². The van der Waals surface area contributed by atoms with Crippen LogP contribution in [0.4, 0.5) is 0 Å². The van der Waals surface area contributed by atoms with E-state index in [4.69, 9.17) is 9.97 Å². The summed E-state index contributed by atoms with van der Waals surface area (Å²) < 4.78 is 0. The summed E-state index contributed by atoms with van der Waals surface area (Å²) in [6, 6.07) is 70.8. The van der Waals surface area contributed by atoms with E-state index in [-0.39, 0.29) is 0 Å². The van der Waals surface area contributed by atoms with Crippen molar-refractivity contribution in [1.29, 1.82) is 0 Å². The molecule has 55 heavy (non-hydrogen) atoms. The maximum atomic E-state index is 5.52. The Labute approximate surface area is 319 Å². The Kier molecular flexibility index (Phi) is 6.29. The monoisotopic (exact) mass is 696 g/mol. The van der Waals surface area contributed by atoms with Crippen LogP contribution in [0.3, 0.4) is 0 Å². The average molecular weight is 697 g/mol. The Morgan fingerprint density at radius 2 is 0.873 bits per heavy atom. The van der Waals surface area contributed by atoms with Gasteiger partial charge in [-0.3, -0.25) is 0 Å². The number of nitrogens with zero attached hydrogens (tertiary/aromatic N) is 2. The van der Waals surface area contributed by atoms with Crippen molar-refractivity contribution in [2.24, 2.45) is 0 Å². The van der Waals surface area contributed by atoms with Gasteiger partial charge in [0.15, 0.2) is 5.82 Å². The Morgan fingerprint density at radius 1 is 0.345 bits per heavy atom. The second-order valence-corrected chi connectivity index (χ2v) is 14.8. The minimum atomic E-state index is -0.504. The molecule has 0 unspecified atom stereocenters. The Bertz CT molecular complexity index is 3150. The van der Waals surface area contributed by atoms with Gasteiger partial charge in [-0.25, -0.2) is 9.97 Å². The molecule has 0 N–H and O–H groups in total. The van der Waals surface area contributed by atoms with Crippen molar-refractivity contribution in [2.45, 2.75) is 5.41 Å². The Hall–Kier alpha value is -7.16. The molecule has 10 aromatic rings. The van der Waals surface area contributed by atoms with Gasteiger partial charge in [-0.05, 0) is 89.0 Å². The van der Waals surface area contributed by atoms with E-state index in [1.54, 1.807) is 0 Å². The van der Waals surface area contributed by atoms with Crippen LogP contribution in [0.5, 0.6) is 0 Å². The predicted octanol–water partition coefficient (Wildman–Crippen LogP) is 13.3. The SMILES string of the molecule is c1ccc(-c2nc(-c3cccc4c3C3(c5ccccc5-c5ccccc53)c3ccccc3-4)cc(-c3c4ccccc4cc4ccc5ccccc5c34)n2)cc1.